The molecule has 3 nitrogen and oxygen atoms in total. The lowest BCUT2D eigenvalue weighted by atomic mass is 10.2. The van der Waals surface area contributed by atoms with E-state index in [-0.39, 0.29) is 0 Å². The third kappa shape index (κ3) is 4.75. The summed E-state index contributed by atoms with van der Waals surface area (Å²) in [4.78, 5) is 9.23. The molecule has 0 spiro atoms. The van der Waals surface area contributed by atoms with Crippen LogP contribution >= 0.6 is 11.8 Å². The molecule has 2 aromatic heterocycles. The maximum absolute atomic E-state index is 4.90. The van der Waals surface area contributed by atoms with E-state index >= 15 is 0 Å². The van der Waals surface area contributed by atoms with E-state index in [0.29, 0.717) is 0 Å². The van der Waals surface area contributed by atoms with Crippen molar-refractivity contribution in [3.05, 3.63) is 23.8 Å². The molecule has 1 saturated carbocycles. The Morgan fingerprint density at radius 2 is 1.96 bits per heavy atom. The highest BCUT2D eigenvalue weighted by Gasteiger charge is 2.25. The smallest absolute Gasteiger partial charge is 0.110 e. The number of thioether (sulfide) groups is 1. The number of fused-ring (bicyclic) bond motifs is 1. The second-order valence-corrected chi connectivity index (χ2v) is 8.40. The number of aryl methyl sites for hydroxylation is 2. The van der Waals surface area contributed by atoms with Gasteiger partial charge >= 0.3 is 0 Å². The van der Waals surface area contributed by atoms with Crippen molar-refractivity contribution in [2.75, 3.05) is 11.5 Å². The topological polar surface area (TPSA) is 30.7 Å². The van der Waals surface area contributed by atoms with Crippen molar-refractivity contribution in [1.82, 2.24) is 14.5 Å². The highest BCUT2D eigenvalue weighted by atomic mass is 32.2. The Kier molecular flexibility index (Phi) is 6.59. The zero-order valence-corrected chi connectivity index (χ0v) is 16.1. The minimum absolute atomic E-state index is 0.879. The van der Waals surface area contributed by atoms with Crippen LogP contribution in [0.3, 0.4) is 0 Å². The number of hydrogen-bond donors (Lipinski definition) is 0. The molecule has 0 aliphatic heterocycles. The zero-order chi connectivity index (χ0) is 16.8. The Hall–Kier alpha value is -1.03. The molecule has 0 amide bonds. The number of rotatable bonds is 11. The number of unbranched alkanes of at least 4 members (excludes halogenated alkanes) is 3. The van der Waals surface area contributed by atoms with Gasteiger partial charge in [-0.25, -0.2) is 4.98 Å². The Balaban J connectivity index is 1.56. The van der Waals surface area contributed by atoms with Gasteiger partial charge in [0.25, 0.3) is 0 Å². The molecule has 1 aliphatic carbocycles. The molecule has 0 atom stereocenters. The average molecular weight is 346 g/mol. The number of hydrogen-bond acceptors (Lipinski definition) is 3. The fourth-order valence-corrected chi connectivity index (χ4v) is 4.39. The van der Waals surface area contributed by atoms with Crippen LogP contribution in [0.15, 0.2) is 12.4 Å². The number of aromatic nitrogens is 3. The second kappa shape index (κ2) is 8.89. The minimum atomic E-state index is 0.879. The van der Waals surface area contributed by atoms with Gasteiger partial charge in [-0.2, -0.15) is 11.8 Å². The maximum Gasteiger partial charge on any atom is 0.110 e. The first-order valence-corrected chi connectivity index (χ1v) is 10.8. The molecular formula is C20H31N3S. The largest absolute Gasteiger partial charge is 0.328 e. The molecule has 4 heteroatoms. The molecule has 3 rings (SSSR count). The molecule has 0 saturated heterocycles. The van der Waals surface area contributed by atoms with E-state index in [2.05, 4.69) is 35.2 Å². The molecule has 0 unspecified atom stereocenters. The predicted octanol–water partition coefficient (Wildman–Crippen LogP) is 5.40. The van der Waals surface area contributed by atoms with E-state index in [1.807, 2.05) is 12.4 Å². The zero-order valence-electron chi connectivity index (χ0n) is 15.3. The van der Waals surface area contributed by atoms with E-state index in [9.17, 15) is 0 Å². The van der Waals surface area contributed by atoms with Gasteiger partial charge in [-0.3, -0.25) is 4.98 Å². The molecule has 1 aliphatic rings. The Bertz CT molecular complexity index is 646. The lowest BCUT2D eigenvalue weighted by molar-refractivity contribution is 0.582. The summed E-state index contributed by atoms with van der Waals surface area (Å²) in [6.45, 7) is 5.55. The van der Waals surface area contributed by atoms with Crippen LogP contribution < -0.4 is 0 Å². The van der Waals surface area contributed by atoms with Crippen LogP contribution in [0.5, 0.6) is 0 Å². The summed E-state index contributed by atoms with van der Waals surface area (Å²) in [6, 6.07) is 0. The van der Waals surface area contributed by atoms with Gasteiger partial charge in [-0.15, -0.1) is 0 Å². The van der Waals surface area contributed by atoms with Crippen LogP contribution in [-0.4, -0.2) is 26.0 Å². The summed E-state index contributed by atoms with van der Waals surface area (Å²) >= 11 is 2.12. The molecule has 24 heavy (non-hydrogen) atoms. The molecule has 0 bridgehead atoms. The lowest BCUT2D eigenvalue weighted by Crippen LogP contribution is -2.06. The van der Waals surface area contributed by atoms with Crippen LogP contribution in [-0.2, 0) is 13.0 Å². The fraction of sp³-hybridized carbons (Fsp3) is 0.700. The predicted molar refractivity (Wildman–Crippen MR) is 105 cm³/mol. The summed E-state index contributed by atoms with van der Waals surface area (Å²) < 4.78 is 2.49. The van der Waals surface area contributed by atoms with Crippen molar-refractivity contribution in [3.63, 3.8) is 0 Å². The van der Waals surface area contributed by atoms with E-state index in [1.54, 1.807) is 0 Å². The Labute approximate surface area is 150 Å². The van der Waals surface area contributed by atoms with E-state index < -0.39 is 0 Å². The highest BCUT2D eigenvalue weighted by Crippen LogP contribution is 2.33. The van der Waals surface area contributed by atoms with Crippen LogP contribution in [0.1, 0.15) is 63.3 Å². The first-order chi connectivity index (χ1) is 11.8. The monoisotopic (exact) mass is 345 g/mol. The van der Waals surface area contributed by atoms with Crippen molar-refractivity contribution >= 4 is 22.8 Å². The van der Waals surface area contributed by atoms with Gasteiger partial charge in [-0.05, 0) is 62.0 Å². The molecule has 2 aromatic rings. The van der Waals surface area contributed by atoms with Crippen molar-refractivity contribution in [2.24, 2.45) is 5.92 Å². The summed E-state index contributed by atoms with van der Waals surface area (Å²) in [5, 5.41) is 0. The minimum Gasteiger partial charge on any atom is -0.328 e. The van der Waals surface area contributed by atoms with Gasteiger partial charge in [0.05, 0.1) is 11.7 Å². The lowest BCUT2D eigenvalue weighted by Gasteiger charge is -2.10. The standard InChI is InChI=1S/C20H31N3S/c1-3-4-11-24-12-7-5-6-10-23-19(13-17-8-9-17)22-18-15-21-14-16(2)20(18)23/h14-15,17H,3-13H2,1-2H3. The van der Waals surface area contributed by atoms with Gasteiger partial charge in [0.2, 0.25) is 0 Å². The quantitative estimate of drug-likeness (QED) is 0.511. The maximum atomic E-state index is 4.90. The SMILES string of the molecule is CCCCSCCCCCn1c(CC2CC2)nc2cncc(C)c21. The third-order valence-corrected chi connectivity index (χ3v) is 6.05. The van der Waals surface area contributed by atoms with Crippen LogP contribution in [0.25, 0.3) is 11.0 Å². The van der Waals surface area contributed by atoms with Crippen LogP contribution in [0, 0.1) is 12.8 Å². The van der Waals surface area contributed by atoms with Crippen molar-refractivity contribution in [3.8, 4) is 0 Å². The molecule has 2 heterocycles. The van der Waals surface area contributed by atoms with Crippen molar-refractivity contribution in [2.45, 2.75) is 71.8 Å². The van der Waals surface area contributed by atoms with E-state index in [0.717, 1.165) is 24.4 Å². The first kappa shape index (κ1) is 17.8. The van der Waals surface area contributed by atoms with E-state index in [4.69, 9.17) is 4.98 Å². The summed E-state index contributed by atoms with van der Waals surface area (Å²) in [6.07, 6.45) is 14.4. The Morgan fingerprint density at radius 1 is 1.12 bits per heavy atom. The number of pyridine rings is 1. The van der Waals surface area contributed by atoms with Gasteiger partial charge in [0.15, 0.2) is 0 Å². The summed E-state index contributed by atoms with van der Waals surface area (Å²) in [5.41, 5.74) is 3.66. The first-order valence-electron chi connectivity index (χ1n) is 9.67. The van der Waals surface area contributed by atoms with Gasteiger partial charge in [0, 0.05) is 19.2 Å². The molecule has 0 aromatic carbocycles. The number of nitrogens with zero attached hydrogens (tertiary/aromatic N) is 3. The molecule has 0 radical (unpaired) electrons. The normalized spacial score (nSPS) is 14.6. The molecular weight excluding hydrogens is 314 g/mol. The molecule has 132 valence electrons. The van der Waals surface area contributed by atoms with Gasteiger partial charge < -0.3 is 4.57 Å². The van der Waals surface area contributed by atoms with Gasteiger partial charge in [-0.1, -0.05) is 19.8 Å². The Morgan fingerprint density at radius 3 is 2.75 bits per heavy atom. The average Bonchev–Trinajstić information content (AvgIpc) is 3.31. The highest BCUT2D eigenvalue weighted by molar-refractivity contribution is 7.99. The van der Waals surface area contributed by atoms with Crippen LogP contribution in [0.4, 0.5) is 0 Å². The van der Waals surface area contributed by atoms with Crippen LogP contribution in [0.2, 0.25) is 0 Å². The van der Waals surface area contributed by atoms with Crippen molar-refractivity contribution < 1.29 is 0 Å². The molecule has 0 N–H and O–H groups in total. The summed E-state index contributed by atoms with van der Waals surface area (Å²) in [7, 11) is 0. The van der Waals surface area contributed by atoms with Gasteiger partial charge in [0.1, 0.15) is 11.3 Å². The van der Waals surface area contributed by atoms with E-state index in [1.165, 1.54) is 73.4 Å². The number of imidazole rings is 1. The van der Waals surface area contributed by atoms with Crippen molar-refractivity contribution in [1.29, 1.82) is 0 Å². The fourth-order valence-electron chi connectivity index (χ4n) is 3.28. The molecule has 1 fully saturated rings. The second-order valence-electron chi connectivity index (χ2n) is 7.18. The summed E-state index contributed by atoms with van der Waals surface area (Å²) in [5.74, 6) is 4.83. The third-order valence-electron chi connectivity index (χ3n) is 4.89.